The third-order valence-corrected chi connectivity index (χ3v) is 6.01. The van der Waals surface area contributed by atoms with Gasteiger partial charge in [-0.3, -0.25) is 9.59 Å². The molecule has 2 aromatic rings. The number of rotatable bonds is 6. The molecule has 1 aliphatic heterocycles. The number of anilines is 1. The first-order valence-electron chi connectivity index (χ1n) is 10.1. The standard InChI is InChI=1S/C21H18F7N3O5/c1-8-13(10-3-4-11(22)14(23)15(10)35-19(24)25)16(36-20(8,2)21(26,27)28)18(33)30-9-5-6-31(34)12(7-9)17(29)32/h3-8,13,16,19H,1-2H3,(H2,29,32)(H,30,33)/t8-,13+,16-,20+/m1/s1. The Hall–Kier alpha value is -3.62. The number of carbonyl (C=O) groups is 2. The van der Waals surface area contributed by atoms with E-state index in [-0.39, 0.29) is 10.4 Å². The first-order valence-corrected chi connectivity index (χ1v) is 10.1. The zero-order valence-corrected chi connectivity index (χ0v) is 18.4. The fourth-order valence-electron chi connectivity index (χ4n) is 4.00. The van der Waals surface area contributed by atoms with Gasteiger partial charge in [-0.25, -0.2) is 4.39 Å². The Labute approximate surface area is 198 Å². The lowest BCUT2D eigenvalue weighted by atomic mass is 9.77. The van der Waals surface area contributed by atoms with Crippen molar-refractivity contribution in [1.29, 1.82) is 0 Å². The van der Waals surface area contributed by atoms with Crippen molar-refractivity contribution < 1.29 is 54.5 Å². The Morgan fingerprint density at radius 2 is 1.89 bits per heavy atom. The number of primary amides is 1. The van der Waals surface area contributed by atoms with Gasteiger partial charge >= 0.3 is 18.7 Å². The van der Waals surface area contributed by atoms with E-state index < -0.39 is 76.8 Å². The molecule has 0 unspecified atom stereocenters. The van der Waals surface area contributed by atoms with Gasteiger partial charge in [0.2, 0.25) is 5.82 Å². The summed E-state index contributed by atoms with van der Waals surface area (Å²) in [6, 6.07) is 3.04. The lowest BCUT2D eigenvalue weighted by Gasteiger charge is -2.32. The maximum Gasteiger partial charge on any atom is 0.417 e. The highest BCUT2D eigenvalue weighted by molar-refractivity contribution is 5.97. The Balaban J connectivity index is 2.11. The van der Waals surface area contributed by atoms with Crippen molar-refractivity contribution in [2.75, 3.05) is 5.32 Å². The molecule has 1 aromatic carbocycles. The average molecular weight is 525 g/mol. The van der Waals surface area contributed by atoms with Gasteiger partial charge in [0, 0.05) is 29.5 Å². The fraction of sp³-hybridized carbons (Fsp3) is 0.381. The molecule has 1 aliphatic rings. The summed E-state index contributed by atoms with van der Waals surface area (Å²) in [5, 5.41) is 13.8. The molecule has 0 spiro atoms. The molecule has 8 nitrogen and oxygen atoms in total. The number of alkyl halides is 5. The van der Waals surface area contributed by atoms with Crippen LogP contribution in [0.15, 0.2) is 30.5 Å². The summed E-state index contributed by atoms with van der Waals surface area (Å²) >= 11 is 0. The van der Waals surface area contributed by atoms with Crippen molar-refractivity contribution in [1.82, 2.24) is 0 Å². The minimum absolute atomic E-state index is 0.0743. The molecule has 1 saturated heterocycles. The Kier molecular flexibility index (Phi) is 7.08. The number of pyridine rings is 1. The number of ether oxygens (including phenoxy) is 2. The molecule has 1 fully saturated rings. The van der Waals surface area contributed by atoms with Crippen LogP contribution in [-0.2, 0) is 9.53 Å². The lowest BCUT2D eigenvalue weighted by molar-refractivity contribution is -0.607. The zero-order chi connectivity index (χ0) is 27.2. The SMILES string of the molecule is C[C@@H]1[C@@H](c2ccc(F)c(F)c2OC(F)F)[C@H](C(=O)Nc2cc[n+]([O-])c(C(N)=O)c2)O[C@]1(C)C(F)(F)F. The van der Waals surface area contributed by atoms with Crippen LogP contribution in [0.3, 0.4) is 0 Å². The van der Waals surface area contributed by atoms with Crippen LogP contribution in [-0.4, -0.2) is 36.3 Å². The molecule has 2 heterocycles. The zero-order valence-electron chi connectivity index (χ0n) is 18.4. The van der Waals surface area contributed by atoms with Crippen molar-refractivity contribution in [3.8, 4) is 5.75 Å². The molecular formula is C21H18F7N3O5. The van der Waals surface area contributed by atoms with Crippen LogP contribution in [0, 0.1) is 22.8 Å². The summed E-state index contributed by atoms with van der Waals surface area (Å²) in [5.41, 5.74) is 0.502. The number of hydrogen-bond acceptors (Lipinski definition) is 5. The normalized spacial score (nSPS) is 24.1. The van der Waals surface area contributed by atoms with Gasteiger partial charge in [0.15, 0.2) is 23.4 Å². The molecule has 0 bridgehead atoms. The van der Waals surface area contributed by atoms with Crippen LogP contribution in [0.1, 0.15) is 35.8 Å². The summed E-state index contributed by atoms with van der Waals surface area (Å²) in [7, 11) is 0. The minimum Gasteiger partial charge on any atom is -0.618 e. The predicted molar refractivity (Wildman–Crippen MR) is 107 cm³/mol. The van der Waals surface area contributed by atoms with Crippen molar-refractivity contribution in [3.63, 3.8) is 0 Å². The molecule has 0 aliphatic carbocycles. The highest BCUT2D eigenvalue weighted by Crippen LogP contribution is 2.55. The molecule has 0 saturated carbocycles. The van der Waals surface area contributed by atoms with E-state index in [9.17, 15) is 45.5 Å². The van der Waals surface area contributed by atoms with E-state index in [1.54, 1.807) is 0 Å². The second-order valence-corrected chi connectivity index (χ2v) is 8.10. The van der Waals surface area contributed by atoms with Crippen LogP contribution < -0.4 is 20.5 Å². The molecule has 3 N–H and O–H groups in total. The number of nitrogens with one attached hydrogen (secondary N) is 1. The Morgan fingerprint density at radius 3 is 2.44 bits per heavy atom. The first-order chi connectivity index (χ1) is 16.6. The van der Waals surface area contributed by atoms with E-state index in [1.807, 2.05) is 0 Å². The second kappa shape index (κ2) is 9.44. The monoisotopic (exact) mass is 525 g/mol. The molecule has 1 aromatic heterocycles. The topological polar surface area (TPSA) is 118 Å². The summed E-state index contributed by atoms with van der Waals surface area (Å²) in [4.78, 5) is 24.4. The Bertz CT molecular complexity index is 1190. The number of halogens is 7. The van der Waals surface area contributed by atoms with Crippen LogP contribution >= 0.6 is 0 Å². The van der Waals surface area contributed by atoms with Crippen LogP contribution in [0.5, 0.6) is 5.75 Å². The van der Waals surface area contributed by atoms with E-state index in [0.717, 1.165) is 31.3 Å². The van der Waals surface area contributed by atoms with Crippen molar-refractivity contribution in [2.24, 2.45) is 11.7 Å². The van der Waals surface area contributed by atoms with E-state index in [0.29, 0.717) is 13.0 Å². The Morgan fingerprint density at radius 1 is 1.25 bits per heavy atom. The number of amides is 2. The van der Waals surface area contributed by atoms with Gasteiger partial charge in [0.1, 0.15) is 6.10 Å². The number of carbonyl (C=O) groups excluding carboxylic acids is 2. The molecule has 4 atom stereocenters. The van der Waals surface area contributed by atoms with Gasteiger partial charge in [-0.2, -0.15) is 31.1 Å². The summed E-state index contributed by atoms with van der Waals surface area (Å²) in [6.07, 6.45) is -6.38. The third kappa shape index (κ3) is 4.74. The number of benzene rings is 1. The summed E-state index contributed by atoms with van der Waals surface area (Å²) in [5.74, 6) is -10.8. The van der Waals surface area contributed by atoms with Gasteiger partial charge in [0.05, 0.1) is 5.69 Å². The van der Waals surface area contributed by atoms with Crippen LogP contribution in [0.2, 0.25) is 0 Å². The van der Waals surface area contributed by atoms with Gasteiger partial charge < -0.3 is 25.7 Å². The predicted octanol–water partition coefficient (Wildman–Crippen LogP) is 3.38. The highest BCUT2D eigenvalue weighted by Gasteiger charge is 2.66. The van der Waals surface area contributed by atoms with Gasteiger partial charge in [-0.1, -0.05) is 13.0 Å². The molecule has 15 heteroatoms. The maximum atomic E-state index is 14.4. The minimum atomic E-state index is -5.08. The maximum absolute atomic E-state index is 14.4. The third-order valence-electron chi connectivity index (χ3n) is 6.01. The number of nitrogens with zero attached hydrogens (tertiary/aromatic N) is 1. The van der Waals surface area contributed by atoms with Crippen molar-refractivity contribution in [3.05, 3.63) is 58.6 Å². The van der Waals surface area contributed by atoms with Crippen LogP contribution in [0.25, 0.3) is 0 Å². The van der Waals surface area contributed by atoms with E-state index >= 15 is 0 Å². The average Bonchev–Trinajstić information content (AvgIpc) is 3.04. The summed E-state index contributed by atoms with van der Waals surface area (Å²) < 4.78 is 105. The van der Waals surface area contributed by atoms with Gasteiger partial charge in [-0.05, 0) is 13.0 Å². The highest BCUT2D eigenvalue weighted by atomic mass is 19.4. The smallest absolute Gasteiger partial charge is 0.417 e. The van der Waals surface area contributed by atoms with Crippen molar-refractivity contribution >= 4 is 17.5 Å². The molecular weight excluding hydrogens is 507 g/mol. The quantitative estimate of drug-likeness (QED) is 0.341. The van der Waals surface area contributed by atoms with E-state index in [1.165, 1.54) is 0 Å². The molecule has 196 valence electrons. The number of hydrogen-bond donors (Lipinski definition) is 2. The molecule has 2 amide bonds. The number of aromatic nitrogens is 1. The second-order valence-electron chi connectivity index (χ2n) is 8.10. The van der Waals surface area contributed by atoms with Gasteiger partial charge in [-0.15, -0.1) is 0 Å². The fourth-order valence-corrected chi connectivity index (χ4v) is 4.00. The molecule has 0 radical (unpaired) electrons. The molecule has 36 heavy (non-hydrogen) atoms. The van der Waals surface area contributed by atoms with Crippen molar-refractivity contribution in [2.45, 2.75) is 44.3 Å². The number of nitrogens with two attached hydrogens (primary N) is 1. The summed E-state index contributed by atoms with van der Waals surface area (Å²) in [6.45, 7) is -2.07. The van der Waals surface area contributed by atoms with E-state index in [2.05, 4.69) is 10.1 Å². The van der Waals surface area contributed by atoms with Gasteiger partial charge in [0.25, 0.3) is 11.6 Å². The first kappa shape index (κ1) is 27.0. The lowest BCUT2D eigenvalue weighted by Crippen LogP contribution is -2.47. The van der Waals surface area contributed by atoms with Crippen LogP contribution in [0.4, 0.5) is 36.4 Å². The molecule has 3 rings (SSSR count). The van der Waals surface area contributed by atoms with E-state index in [4.69, 9.17) is 10.5 Å². The largest absolute Gasteiger partial charge is 0.618 e.